The number of carbonyl (C=O) groups is 2. The predicted octanol–water partition coefficient (Wildman–Crippen LogP) is 4.76. The fraction of sp³-hybridized carbons (Fsp3) is 0.200. The first-order chi connectivity index (χ1) is 14.4. The molecule has 1 saturated heterocycles. The number of rotatable bonds is 5. The molecular formula is C20H15Br2NO6S. The maximum Gasteiger partial charge on any atom is 0.290 e. The van der Waals surface area contributed by atoms with Crippen LogP contribution in [0.5, 0.6) is 23.0 Å². The number of halogens is 2. The van der Waals surface area contributed by atoms with Crippen molar-refractivity contribution in [3.8, 4) is 23.0 Å². The van der Waals surface area contributed by atoms with Crippen LogP contribution in [0.15, 0.2) is 44.2 Å². The first-order valence-electron chi connectivity index (χ1n) is 8.77. The van der Waals surface area contributed by atoms with E-state index in [2.05, 4.69) is 37.2 Å². The summed E-state index contributed by atoms with van der Waals surface area (Å²) in [5.41, 5.74) is 0.716. The summed E-state index contributed by atoms with van der Waals surface area (Å²) < 4.78 is 24.8. The van der Waals surface area contributed by atoms with Crippen molar-refractivity contribution in [2.45, 2.75) is 6.10 Å². The van der Waals surface area contributed by atoms with Crippen molar-refractivity contribution >= 4 is 60.8 Å². The Labute approximate surface area is 193 Å². The molecule has 2 aromatic carbocycles. The fourth-order valence-electron chi connectivity index (χ4n) is 2.84. The molecule has 10 heteroatoms. The van der Waals surface area contributed by atoms with Crippen LogP contribution in [-0.2, 0) is 4.79 Å². The quantitative estimate of drug-likeness (QED) is 0.531. The van der Waals surface area contributed by atoms with Crippen LogP contribution in [0.1, 0.15) is 5.56 Å². The predicted molar refractivity (Wildman–Crippen MR) is 119 cm³/mol. The lowest BCUT2D eigenvalue weighted by Crippen LogP contribution is -2.34. The van der Waals surface area contributed by atoms with Crippen LogP contribution >= 0.6 is 43.6 Å². The van der Waals surface area contributed by atoms with Crippen molar-refractivity contribution in [2.75, 3.05) is 20.3 Å². The van der Waals surface area contributed by atoms with Crippen LogP contribution < -0.4 is 24.3 Å². The van der Waals surface area contributed by atoms with Gasteiger partial charge in [-0.1, -0.05) is 6.07 Å². The monoisotopic (exact) mass is 555 g/mol. The van der Waals surface area contributed by atoms with Crippen molar-refractivity contribution in [1.29, 1.82) is 0 Å². The molecule has 1 N–H and O–H groups in total. The van der Waals surface area contributed by atoms with Crippen molar-refractivity contribution in [3.05, 3.63) is 49.7 Å². The Hall–Kier alpha value is -2.17. The van der Waals surface area contributed by atoms with Crippen LogP contribution in [0.4, 0.5) is 4.79 Å². The van der Waals surface area contributed by atoms with E-state index in [1.165, 1.54) is 7.11 Å². The third kappa shape index (κ3) is 4.60. The normalized spacial score (nSPS) is 19.0. The molecule has 0 spiro atoms. The second-order valence-corrected chi connectivity index (χ2v) is 9.06. The minimum absolute atomic E-state index is 0.261. The van der Waals surface area contributed by atoms with Gasteiger partial charge in [0.1, 0.15) is 13.2 Å². The molecule has 2 aromatic rings. The third-order valence-corrected chi connectivity index (χ3v) is 6.91. The van der Waals surface area contributed by atoms with Crippen LogP contribution in [0.2, 0.25) is 0 Å². The maximum atomic E-state index is 11.7. The van der Waals surface area contributed by atoms with Gasteiger partial charge in [0.25, 0.3) is 11.1 Å². The Morgan fingerprint density at radius 3 is 2.63 bits per heavy atom. The number of fused-ring (bicyclic) bond motifs is 1. The van der Waals surface area contributed by atoms with Gasteiger partial charge in [0.2, 0.25) is 0 Å². The van der Waals surface area contributed by atoms with Gasteiger partial charge in [-0.3, -0.25) is 14.9 Å². The first kappa shape index (κ1) is 21.1. The van der Waals surface area contributed by atoms with E-state index in [9.17, 15) is 9.59 Å². The molecule has 2 amide bonds. The summed E-state index contributed by atoms with van der Waals surface area (Å²) in [5.74, 6) is 1.94. The number of hydrogen-bond acceptors (Lipinski definition) is 7. The van der Waals surface area contributed by atoms with Crippen LogP contribution in [0.25, 0.3) is 6.08 Å². The smallest absolute Gasteiger partial charge is 0.290 e. The zero-order valence-electron chi connectivity index (χ0n) is 15.6. The highest BCUT2D eigenvalue weighted by Crippen LogP contribution is 2.39. The lowest BCUT2D eigenvalue weighted by Gasteiger charge is -2.27. The highest BCUT2D eigenvalue weighted by Gasteiger charge is 2.26. The summed E-state index contributed by atoms with van der Waals surface area (Å²) in [5, 5.41) is 1.85. The van der Waals surface area contributed by atoms with Crippen LogP contribution in [0, 0.1) is 0 Å². The lowest BCUT2D eigenvalue weighted by molar-refractivity contribution is -0.115. The molecule has 7 nitrogen and oxygen atoms in total. The number of benzene rings is 2. The van der Waals surface area contributed by atoms with E-state index >= 15 is 0 Å². The summed E-state index contributed by atoms with van der Waals surface area (Å²) in [6, 6.07) is 8.96. The average Bonchev–Trinajstić information content (AvgIpc) is 3.04. The van der Waals surface area contributed by atoms with Gasteiger partial charge in [0, 0.05) is 8.95 Å². The van der Waals surface area contributed by atoms with E-state index in [1.54, 1.807) is 24.3 Å². The van der Waals surface area contributed by atoms with Crippen molar-refractivity contribution in [3.63, 3.8) is 0 Å². The molecule has 0 aromatic heterocycles. The molecule has 2 heterocycles. The minimum atomic E-state index is -0.405. The molecule has 1 unspecified atom stereocenters. The average molecular weight is 557 g/mol. The van der Waals surface area contributed by atoms with Gasteiger partial charge in [-0.05, 0) is 79.5 Å². The zero-order valence-corrected chi connectivity index (χ0v) is 19.6. The summed E-state index contributed by atoms with van der Waals surface area (Å²) in [6.07, 6.45) is 1.34. The standard InChI is InChI=1S/C20H15Br2NO6S/c1-26-15-4-10(5-18-19(24)23-20(25)30-18)2-3-14(15)27-8-11-9-28-16-6-12(21)13(22)7-17(16)29-11/h2-7,11H,8-9H2,1H3,(H,23,24,25)/b18-5-. The molecule has 30 heavy (non-hydrogen) atoms. The molecule has 0 aliphatic carbocycles. The summed E-state index contributed by atoms with van der Waals surface area (Å²) in [7, 11) is 1.53. The fourth-order valence-corrected chi connectivity index (χ4v) is 4.17. The van der Waals surface area contributed by atoms with E-state index < -0.39 is 5.91 Å². The Kier molecular flexibility index (Phi) is 6.26. The number of hydrogen-bond donors (Lipinski definition) is 1. The molecule has 4 rings (SSSR count). The number of nitrogens with one attached hydrogen (secondary N) is 1. The largest absolute Gasteiger partial charge is 0.493 e. The number of ether oxygens (including phenoxy) is 4. The molecule has 1 fully saturated rings. The van der Waals surface area contributed by atoms with Gasteiger partial charge in [0.05, 0.1) is 12.0 Å². The van der Waals surface area contributed by atoms with E-state index in [-0.39, 0.29) is 18.0 Å². The third-order valence-electron chi connectivity index (χ3n) is 4.26. The lowest BCUT2D eigenvalue weighted by atomic mass is 10.2. The molecule has 0 saturated carbocycles. The Balaban J connectivity index is 1.43. The number of carbonyl (C=O) groups excluding carboxylic acids is 2. The topological polar surface area (TPSA) is 83.1 Å². The molecule has 2 aliphatic rings. The highest BCUT2D eigenvalue weighted by molar-refractivity contribution is 9.13. The van der Waals surface area contributed by atoms with Gasteiger partial charge in [-0.2, -0.15) is 0 Å². The Bertz CT molecular complexity index is 1060. The minimum Gasteiger partial charge on any atom is -0.493 e. The van der Waals surface area contributed by atoms with Gasteiger partial charge < -0.3 is 18.9 Å². The van der Waals surface area contributed by atoms with E-state index in [4.69, 9.17) is 18.9 Å². The molecular weight excluding hydrogens is 542 g/mol. The molecule has 156 valence electrons. The number of methoxy groups -OCH3 is 1. The van der Waals surface area contributed by atoms with Crippen molar-refractivity contribution in [2.24, 2.45) is 0 Å². The SMILES string of the molecule is COc1cc(/C=C2\SC(=O)NC2=O)ccc1OCC1COc2cc(Br)c(Br)cc2O1. The summed E-state index contributed by atoms with van der Waals surface area (Å²) >= 11 is 7.76. The zero-order chi connectivity index (χ0) is 21.3. The van der Waals surface area contributed by atoms with Crippen molar-refractivity contribution < 1.29 is 28.5 Å². The second kappa shape index (κ2) is 8.91. The van der Waals surface area contributed by atoms with E-state index in [0.29, 0.717) is 40.1 Å². The maximum absolute atomic E-state index is 11.7. The number of thioether (sulfide) groups is 1. The van der Waals surface area contributed by atoms with E-state index in [0.717, 1.165) is 20.7 Å². The molecule has 1 atom stereocenters. The highest BCUT2D eigenvalue weighted by atomic mass is 79.9. The molecule has 0 bridgehead atoms. The van der Waals surface area contributed by atoms with Crippen LogP contribution in [-0.4, -0.2) is 37.6 Å². The number of imide groups is 1. The van der Waals surface area contributed by atoms with Gasteiger partial charge in [-0.15, -0.1) is 0 Å². The Morgan fingerprint density at radius 1 is 1.17 bits per heavy atom. The summed E-state index contributed by atoms with van der Waals surface area (Å²) in [6.45, 7) is 0.616. The molecule has 0 radical (unpaired) electrons. The Morgan fingerprint density at radius 2 is 1.93 bits per heavy atom. The van der Waals surface area contributed by atoms with Gasteiger partial charge >= 0.3 is 0 Å². The second-order valence-electron chi connectivity index (χ2n) is 6.34. The van der Waals surface area contributed by atoms with Crippen LogP contribution in [0.3, 0.4) is 0 Å². The van der Waals surface area contributed by atoms with Crippen molar-refractivity contribution in [1.82, 2.24) is 5.32 Å². The molecule has 2 aliphatic heterocycles. The summed E-state index contributed by atoms with van der Waals surface area (Å²) in [4.78, 5) is 23.3. The number of amides is 2. The van der Waals surface area contributed by atoms with Gasteiger partial charge in [-0.25, -0.2) is 0 Å². The van der Waals surface area contributed by atoms with Gasteiger partial charge in [0.15, 0.2) is 29.1 Å². The first-order valence-corrected chi connectivity index (χ1v) is 11.2. The van der Waals surface area contributed by atoms with E-state index in [1.807, 2.05) is 12.1 Å².